The molecule has 80 valence electrons. The quantitative estimate of drug-likeness (QED) is 0.618. The van der Waals surface area contributed by atoms with Crippen LogP contribution in [0.3, 0.4) is 0 Å². The van der Waals surface area contributed by atoms with Crippen molar-refractivity contribution in [2.45, 2.75) is 6.92 Å². The molecule has 2 rings (SSSR count). The number of aryl methyl sites for hydroxylation is 1. The number of aromatic nitrogens is 1. The largest absolute Gasteiger partial charge is 0.351 e. The minimum atomic E-state index is -0.631. The fourth-order valence-corrected chi connectivity index (χ4v) is 1.81. The van der Waals surface area contributed by atoms with Gasteiger partial charge in [0.1, 0.15) is 0 Å². The van der Waals surface area contributed by atoms with Crippen molar-refractivity contribution >= 4 is 40.4 Å². The summed E-state index contributed by atoms with van der Waals surface area (Å²) in [7, 11) is 0. The molecule has 2 aromatic rings. The third-order valence-electron chi connectivity index (χ3n) is 1.51. The highest BCUT2D eigenvalue weighted by atomic mass is 32.1. The van der Waals surface area contributed by atoms with E-state index in [4.69, 9.17) is 0 Å². The summed E-state index contributed by atoms with van der Waals surface area (Å²) in [5.41, 5.74) is 5.58. The molecule has 0 aliphatic carbocycles. The van der Waals surface area contributed by atoms with Crippen LogP contribution >= 0.6 is 24.2 Å². The summed E-state index contributed by atoms with van der Waals surface area (Å²) in [5.74, 6) is 0. The molecule has 0 spiro atoms. The van der Waals surface area contributed by atoms with Crippen molar-refractivity contribution in [2.24, 2.45) is 5.73 Å². The van der Waals surface area contributed by atoms with Gasteiger partial charge in [-0.25, -0.2) is 9.78 Å². The number of benzene rings is 1. The second-order valence-corrected chi connectivity index (χ2v) is 4.14. The summed E-state index contributed by atoms with van der Waals surface area (Å²) >= 11 is 5.03. The lowest BCUT2D eigenvalue weighted by Crippen LogP contribution is -2.20. The van der Waals surface area contributed by atoms with Crippen LogP contribution in [0.1, 0.15) is 5.01 Å². The maximum absolute atomic E-state index is 9.40. The summed E-state index contributed by atoms with van der Waals surface area (Å²) < 4.78 is 3.14. The van der Waals surface area contributed by atoms with Crippen LogP contribution in [0.5, 0.6) is 0 Å². The summed E-state index contributed by atoms with van der Waals surface area (Å²) in [6.07, 6.45) is 0. The van der Waals surface area contributed by atoms with Crippen molar-refractivity contribution in [3.05, 3.63) is 29.3 Å². The predicted octanol–water partition coefficient (Wildman–Crippen LogP) is 2.10. The molecule has 3 N–H and O–H groups in total. The van der Waals surface area contributed by atoms with Crippen LogP contribution in [0.25, 0.3) is 10.2 Å². The molecule has 0 bridgehead atoms. The number of thiazole rings is 1. The zero-order chi connectivity index (χ0) is 11.3. The van der Waals surface area contributed by atoms with Gasteiger partial charge in [-0.1, -0.05) is 24.9 Å². The number of carbonyl (C=O) groups excluding carboxylic acids is 1. The molecule has 0 fully saturated rings. The van der Waals surface area contributed by atoms with E-state index in [0.717, 1.165) is 10.5 Å². The molecule has 1 aromatic carbocycles. The first kappa shape index (κ1) is 11.8. The summed E-state index contributed by atoms with van der Waals surface area (Å²) in [5, 5.41) is 1.14. The van der Waals surface area contributed by atoms with Gasteiger partial charge in [-0.05, 0) is 19.1 Å². The molecule has 1 heterocycles. The highest BCUT2D eigenvalue weighted by Crippen LogP contribution is 2.19. The number of nitrogens with two attached hydrogens (primary N) is 1. The number of nitrogens with one attached hydrogen (secondary N) is 1. The molecule has 0 saturated heterocycles. The topological polar surface area (TPSA) is 68.0 Å². The van der Waals surface area contributed by atoms with Crippen LogP contribution in [0.2, 0.25) is 0 Å². The molecular weight excluding hydrogens is 230 g/mol. The molecule has 0 atom stereocenters. The number of nitrogens with zero attached hydrogens (tertiary/aromatic N) is 1. The number of carbonyl (C=O) groups is 1. The third-order valence-corrected chi connectivity index (χ3v) is 2.68. The second kappa shape index (κ2) is 5.57. The van der Waals surface area contributed by atoms with E-state index >= 15 is 0 Å². The molecule has 0 saturated carbocycles. The van der Waals surface area contributed by atoms with Gasteiger partial charge in [-0.2, -0.15) is 0 Å². The van der Waals surface area contributed by atoms with Gasteiger partial charge >= 0.3 is 6.03 Å². The number of hydrogen-bond acceptors (Lipinski definition) is 4. The first-order valence-corrected chi connectivity index (χ1v) is 5.41. The maximum atomic E-state index is 9.40. The normalized spacial score (nSPS) is 9.20. The molecular formula is C9H11N3OS2. The van der Waals surface area contributed by atoms with E-state index in [1.54, 1.807) is 11.3 Å². The van der Waals surface area contributed by atoms with Gasteiger partial charge < -0.3 is 5.73 Å². The zero-order valence-corrected chi connectivity index (χ0v) is 9.81. The lowest BCUT2D eigenvalue weighted by Gasteiger charge is -1.80. The number of thiol groups is 1. The fraction of sp³-hybridized carbons (Fsp3) is 0.111. The van der Waals surface area contributed by atoms with Crippen molar-refractivity contribution in [3.8, 4) is 0 Å². The van der Waals surface area contributed by atoms with Crippen molar-refractivity contribution in [1.82, 2.24) is 9.71 Å². The Morgan fingerprint density at radius 1 is 1.53 bits per heavy atom. The average Bonchev–Trinajstić information content (AvgIpc) is 2.58. The average molecular weight is 241 g/mol. The summed E-state index contributed by atoms with van der Waals surface area (Å²) in [6, 6.07) is 7.56. The number of urea groups is 1. The highest BCUT2D eigenvalue weighted by Gasteiger charge is 1.95. The molecule has 6 heteroatoms. The van der Waals surface area contributed by atoms with Gasteiger partial charge in [-0.15, -0.1) is 11.3 Å². The van der Waals surface area contributed by atoms with E-state index in [2.05, 4.69) is 29.6 Å². The standard InChI is InChI=1S/C8H7NS.CH4N2OS/c1-6-9-7-4-2-3-5-8(7)10-6;2-1(4)3-5/h2-5H,1H3;5H,(H3,2,3,4). The van der Waals surface area contributed by atoms with E-state index in [1.807, 2.05) is 29.8 Å². The molecule has 0 aliphatic rings. The molecule has 0 radical (unpaired) electrons. The Morgan fingerprint density at radius 2 is 2.13 bits per heavy atom. The van der Waals surface area contributed by atoms with Crippen molar-refractivity contribution < 1.29 is 4.79 Å². The smallest absolute Gasteiger partial charge is 0.321 e. The molecule has 4 nitrogen and oxygen atoms in total. The Balaban J connectivity index is 0.000000195. The number of fused-ring (bicyclic) bond motifs is 1. The van der Waals surface area contributed by atoms with Gasteiger partial charge in [0.25, 0.3) is 0 Å². The number of rotatable bonds is 0. The lowest BCUT2D eigenvalue weighted by atomic mass is 10.3. The lowest BCUT2D eigenvalue weighted by molar-refractivity contribution is 0.254. The Labute approximate surface area is 97.1 Å². The van der Waals surface area contributed by atoms with Crippen LogP contribution in [0.4, 0.5) is 4.79 Å². The third kappa shape index (κ3) is 3.77. The van der Waals surface area contributed by atoms with Crippen molar-refractivity contribution in [2.75, 3.05) is 0 Å². The first-order chi connectivity index (χ1) is 7.13. The Morgan fingerprint density at radius 3 is 2.67 bits per heavy atom. The van der Waals surface area contributed by atoms with Crippen molar-refractivity contribution in [3.63, 3.8) is 0 Å². The Hall–Kier alpha value is -1.27. The van der Waals surface area contributed by atoms with Gasteiger partial charge in [0.05, 0.1) is 15.2 Å². The van der Waals surface area contributed by atoms with E-state index in [-0.39, 0.29) is 0 Å². The number of para-hydroxylation sites is 1. The van der Waals surface area contributed by atoms with Crippen LogP contribution in [0.15, 0.2) is 24.3 Å². The number of hydrogen-bond donors (Lipinski definition) is 3. The van der Waals surface area contributed by atoms with Crippen LogP contribution in [-0.2, 0) is 0 Å². The first-order valence-electron chi connectivity index (χ1n) is 4.15. The van der Waals surface area contributed by atoms with E-state index < -0.39 is 6.03 Å². The maximum Gasteiger partial charge on any atom is 0.321 e. The molecule has 0 aliphatic heterocycles. The van der Waals surface area contributed by atoms with Crippen LogP contribution in [0, 0.1) is 6.92 Å². The van der Waals surface area contributed by atoms with Gasteiger partial charge in [0.2, 0.25) is 0 Å². The molecule has 15 heavy (non-hydrogen) atoms. The molecule has 2 amide bonds. The van der Waals surface area contributed by atoms with Crippen molar-refractivity contribution in [1.29, 1.82) is 0 Å². The number of amides is 2. The van der Waals surface area contributed by atoms with Crippen LogP contribution in [-0.4, -0.2) is 11.0 Å². The molecule has 1 aromatic heterocycles. The predicted molar refractivity (Wildman–Crippen MR) is 66.1 cm³/mol. The number of primary amides is 1. The fourth-order valence-electron chi connectivity index (χ4n) is 0.987. The van der Waals surface area contributed by atoms with E-state index in [0.29, 0.717) is 0 Å². The minimum Gasteiger partial charge on any atom is -0.351 e. The van der Waals surface area contributed by atoms with Gasteiger partial charge in [0, 0.05) is 0 Å². The minimum absolute atomic E-state index is 0.631. The molecule has 0 unspecified atom stereocenters. The Bertz CT molecular complexity index is 422. The zero-order valence-electron chi connectivity index (χ0n) is 8.10. The summed E-state index contributed by atoms with van der Waals surface area (Å²) in [4.78, 5) is 13.7. The summed E-state index contributed by atoms with van der Waals surface area (Å²) in [6.45, 7) is 2.03. The SMILES string of the molecule is Cc1nc2ccccc2s1.NC(=O)NS. The van der Waals surface area contributed by atoms with Crippen LogP contribution < -0.4 is 10.5 Å². The Kier molecular flexibility index (Phi) is 4.38. The highest BCUT2D eigenvalue weighted by molar-refractivity contribution is 7.78. The van der Waals surface area contributed by atoms with E-state index in [9.17, 15) is 4.79 Å². The van der Waals surface area contributed by atoms with Gasteiger partial charge in [-0.3, -0.25) is 4.72 Å². The second-order valence-electron chi connectivity index (χ2n) is 2.68. The van der Waals surface area contributed by atoms with Gasteiger partial charge in [0.15, 0.2) is 0 Å². The van der Waals surface area contributed by atoms with E-state index in [1.165, 1.54) is 4.70 Å². The monoisotopic (exact) mass is 241 g/mol.